The number of nitrogens with one attached hydrogen (secondary N) is 1. The van der Waals surface area contributed by atoms with E-state index in [4.69, 9.17) is 4.74 Å². The number of anilines is 1. The Bertz CT molecular complexity index is 657. The van der Waals surface area contributed by atoms with Gasteiger partial charge in [-0.25, -0.2) is 0 Å². The number of hydrogen-bond acceptors (Lipinski definition) is 4. The Balaban J connectivity index is 1.90. The molecule has 0 aliphatic rings. The first-order chi connectivity index (χ1) is 11.0. The van der Waals surface area contributed by atoms with E-state index >= 15 is 0 Å². The summed E-state index contributed by atoms with van der Waals surface area (Å²) in [5.74, 6) is 0.421. The van der Waals surface area contributed by atoms with Crippen LogP contribution in [0.3, 0.4) is 0 Å². The van der Waals surface area contributed by atoms with Crippen molar-refractivity contribution in [3.63, 3.8) is 0 Å². The van der Waals surface area contributed by atoms with E-state index in [0.29, 0.717) is 11.4 Å². The van der Waals surface area contributed by atoms with Crippen LogP contribution < -0.4 is 10.1 Å². The zero-order valence-electron chi connectivity index (χ0n) is 13.5. The first-order valence-electron chi connectivity index (χ1n) is 7.35. The highest BCUT2D eigenvalue weighted by atomic mass is 79.9. The summed E-state index contributed by atoms with van der Waals surface area (Å²) in [6.45, 7) is 3.37. The maximum Gasteiger partial charge on any atom is 0.265 e. The SMILES string of the molecule is CC(Oc1ccccc1Br)C(=O)Nc1cnn(CCN(C)C)c1. The molecule has 0 fully saturated rings. The van der Waals surface area contributed by atoms with E-state index in [1.165, 1.54) is 0 Å². The number of carbonyl (C=O) groups is 1. The molecule has 1 unspecified atom stereocenters. The summed E-state index contributed by atoms with van der Waals surface area (Å²) >= 11 is 3.40. The highest BCUT2D eigenvalue weighted by Crippen LogP contribution is 2.25. The number of benzene rings is 1. The molecule has 1 atom stereocenters. The minimum atomic E-state index is -0.612. The van der Waals surface area contributed by atoms with E-state index in [0.717, 1.165) is 17.6 Å². The number of halogens is 1. The fourth-order valence-electron chi connectivity index (χ4n) is 1.88. The third-order valence-corrected chi connectivity index (χ3v) is 3.84. The second-order valence-electron chi connectivity index (χ2n) is 5.48. The van der Waals surface area contributed by atoms with Gasteiger partial charge in [0.05, 0.1) is 22.9 Å². The number of rotatable bonds is 7. The molecule has 23 heavy (non-hydrogen) atoms. The van der Waals surface area contributed by atoms with Crippen LogP contribution >= 0.6 is 15.9 Å². The molecule has 1 amide bonds. The Labute approximate surface area is 144 Å². The van der Waals surface area contributed by atoms with Crippen LogP contribution in [0.1, 0.15) is 6.92 Å². The van der Waals surface area contributed by atoms with Crippen molar-refractivity contribution in [1.29, 1.82) is 0 Å². The smallest absolute Gasteiger partial charge is 0.265 e. The van der Waals surface area contributed by atoms with E-state index in [2.05, 4.69) is 31.2 Å². The van der Waals surface area contributed by atoms with Gasteiger partial charge in [-0.1, -0.05) is 12.1 Å². The van der Waals surface area contributed by atoms with Gasteiger partial charge in [0.15, 0.2) is 6.10 Å². The molecule has 0 spiro atoms. The lowest BCUT2D eigenvalue weighted by molar-refractivity contribution is -0.122. The lowest BCUT2D eigenvalue weighted by Crippen LogP contribution is -2.30. The monoisotopic (exact) mass is 380 g/mol. The number of hydrogen-bond donors (Lipinski definition) is 1. The van der Waals surface area contributed by atoms with Gasteiger partial charge in [-0.2, -0.15) is 5.10 Å². The lowest BCUT2D eigenvalue weighted by atomic mass is 10.3. The number of carbonyl (C=O) groups excluding carboxylic acids is 1. The zero-order chi connectivity index (χ0) is 16.8. The van der Waals surface area contributed by atoms with Gasteiger partial charge < -0.3 is 15.0 Å². The molecule has 6 nitrogen and oxygen atoms in total. The van der Waals surface area contributed by atoms with Crippen molar-refractivity contribution >= 4 is 27.5 Å². The van der Waals surface area contributed by atoms with E-state index in [9.17, 15) is 4.79 Å². The maximum absolute atomic E-state index is 12.2. The number of para-hydroxylation sites is 1. The maximum atomic E-state index is 12.2. The molecular weight excluding hydrogens is 360 g/mol. The molecule has 0 aliphatic heterocycles. The van der Waals surface area contributed by atoms with Gasteiger partial charge >= 0.3 is 0 Å². The van der Waals surface area contributed by atoms with Gasteiger partial charge in [0, 0.05) is 12.7 Å². The third kappa shape index (κ3) is 5.37. The first-order valence-corrected chi connectivity index (χ1v) is 8.14. The number of ether oxygens (including phenoxy) is 1. The summed E-state index contributed by atoms with van der Waals surface area (Å²) in [5, 5.41) is 7.04. The number of nitrogens with zero attached hydrogens (tertiary/aromatic N) is 3. The molecule has 124 valence electrons. The van der Waals surface area contributed by atoms with Crippen LogP contribution in [-0.2, 0) is 11.3 Å². The summed E-state index contributed by atoms with van der Waals surface area (Å²) in [4.78, 5) is 14.3. The molecular formula is C16H21BrN4O2. The van der Waals surface area contributed by atoms with E-state index in [-0.39, 0.29) is 5.91 Å². The second kappa shape index (κ2) is 8.12. The molecule has 0 radical (unpaired) electrons. The van der Waals surface area contributed by atoms with Crippen LogP contribution in [0.4, 0.5) is 5.69 Å². The normalized spacial score (nSPS) is 12.2. The number of likely N-dealkylation sites (N-methyl/N-ethyl adjacent to an activating group) is 1. The molecule has 0 bridgehead atoms. The third-order valence-electron chi connectivity index (χ3n) is 3.19. The summed E-state index contributed by atoms with van der Waals surface area (Å²) in [7, 11) is 4.01. The van der Waals surface area contributed by atoms with Gasteiger partial charge in [0.25, 0.3) is 5.91 Å². The Morgan fingerprint density at radius 3 is 2.87 bits per heavy atom. The van der Waals surface area contributed by atoms with E-state index in [1.54, 1.807) is 17.8 Å². The molecule has 0 saturated heterocycles. The number of aromatic nitrogens is 2. The predicted molar refractivity (Wildman–Crippen MR) is 93.6 cm³/mol. The first kappa shape index (κ1) is 17.5. The molecule has 1 aromatic carbocycles. The van der Waals surface area contributed by atoms with Crippen molar-refractivity contribution in [2.75, 3.05) is 26.0 Å². The highest BCUT2D eigenvalue weighted by Gasteiger charge is 2.16. The zero-order valence-corrected chi connectivity index (χ0v) is 15.1. The summed E-state index contributed by atoms with van der Waals surface area (Å²) < 4.78 is 8.29. The number of amides is 1. The minimum Gasteiger partial charge on any atom is -0.480 e. The fraction of sp³-hybridized carbons (Fsp3) is 0.375. The van der Waals surface area contributed by atoms with Crippen LogP contribution in [-0.4, -0.2) is 47.3 Å². The molecule has 0 saturated carbocycles. The minimum absolute atomic E-state index is 0.215. The molecule has 1 heterocycles. The Kier molecular flexibility index (Phi) is 6.18. The van der Waals surface area contributed by atoms with Gasteiger partial charge in [-0.15, -0.1) is 0 Å². The molecule has 1 N–H and O–H groups in total. The van der Waals surface area contributed by atoms with E-state index < -0.39 is 6.10 Å². The van der Waals surface area contributed by atoms with Crippen molar-refractivity contribution < 1.29 is 9.53 Å². The molecule has 0 aliphatic carbocycles. The second-order valence-corrected chi connectivity index (χ2v) is 6.33. The van der Waals surface area contributed by atoms with E-state index in [1.807, 2.05) is 44.6 Å². The van der Waals surface area contributed by atoms with Crippen LogP contribution in [0.2, 0.25) is 0 Å². The van der Waals surface area contributed by atoms with Gasteiger partial charge in [0.2, 0.25) is 0 Å². The largest absolute Gasteiger partial charge is 0.480 e. The Morgan fingerprint density at radius 1 is 1.43 bits per heavy atom. The molecule has 1 aromatic heterocycles. The molecule has 2 rings (SSSR count). The van der Waals surface area contributed by atoms with Gasteiger partial charge in [-0.3, -0.25) is 9.48 Å². The van der Waals surface area contributed by atoms with Crippen LogP contribution in [0.25, 0.3) is 0 Å². The van der Waals surface area contributed by atoms with Gasteiger partial charge in [-0.05, 0) is 49.1 Å². The van der Waals surface area contributed by atoms with Gasteiger partial charge in [0.1, 0.15) is 5.75 Å². The highest BCUT2D eigenvalue weighted by molar-refractivity contribution is 9.10. The quantitative estimate of drug-likeness (QED) is 0.801. The van der Waals surface area contributed by atoms with Crippen molar-refractivity contribution in [3.8, 4) is 5.75 Å². The summed E-state index contributed by atoms with van der Waals surface area (Å²) in [6.07, 6.45) is 2.84. The Hall–Kier alpha value is -1.86. The van der Waals surface area contributed by atoms with Crippen LogP contribution in [0, 0.1) is 0 Å². The van der Waals surface area contributed by atoms with Crippen molar-refractivity contribution in [1.82, 2.24) is 14.7 Å². The molecule has 2 aromatic rings. The average Bonchev–Trinajstić information content (AvgIpc) is 2.95. The molecule has 7 heteroatoms. The predicted octanol–water partition coefficient (Wildman–Crippen LogP) is 2.61. The van der Waals surface area contributed by atoms with Crippen molar-refractivity contribution in [3.05, 3.63) is 41.1 Å². The van der Waals surface area contributed by atoms with Crippen molar-refractivity contribution in [2.45, 2.75) is 19.6 Å². The Morgan fingerprint density at radius 2 is 2.17 bits per heavy atom. The fourth-order valence-corrected chi connectivity index (χ4v) is 2.26. The van der Waals surface area contributed by atoms with Crippen LogP contribution in [0.5, 0.6) is 5.75 Å². The lowest BCUT2D eigenvalue weighted by Gasteiger charge is -2.15. The van der Waals surface area contributed by atoms with Crippen LogP contribution in [0.15, 0.2) is 41.1 Å². The standard InChI is InChI=1S/C16H21BrN4O2/c1-12(23-15-7-5-4-6-14(15)17)16(22)19-13-10-18-21(11-13)9-8-20(2)3/h4-7,10-12H,8-9H2,1-3H3,(H,19,22). The topological polar surface area (TPSA) is 59.4 Å². The summed E-state index contributed by atoms with van der Waals surface area (Å²) in [5.41, 5.74) is 0.663. The summed E-state index contributed by atoms with van der Waals surface area (Å²) in [6, 6.07) is 7.44. The average molecular weight is 381 g/mol. The van der Waals surface area contributed by atoms with Crippen molar-refractivity contribution in [2.24, 2.45) is 0 Å².